The second-order valence-corrected chi connectivity index (χ2v) is 6.00. The van der Waals surface area contributed by atoms with Gasteiger partial charge in [-0.1, -0.05) is 0 Å². The van der Waals surface area contributed by atoms with Gasteiger partial charge in [0.25, 0.3) is 0 Å². The number of nitrogens with zero attached hydrogens (tertiary/aromatic N) is 4. The predicted molar refractivity (Wildman–Crippen MR) is 88.7 cm³/mol. The Hall–Kier alpha value is -1.82. The van der Waals surface area contributed by atoms with Crippen molar-refractivity contribution < 1.29 is 9.90 Å². The second kappa shape index (κ2) is 7.98. The first kappa shape index (κ1) is 16.5. The Morgan fingerprint density at radius 1 is 1.23 bits per heavy atom. The molecule has 2 heterocycles. The smallest absolute Gasteiger partial charge is 0.305 e. The Morgan fingerprint density at radius 3 is 2.50 bits per heavy atom. The van der Waals surface area contributed by atoms with Crippen molar-refractivity contribution in [3.05, 3.63) is 18.3 Å². The highest BCUT2D eigenvalue weighted by Crippen LogP contribution is 2.21. The van der Waals surface area contributed by atoms with Crippen molar-refractivity contribution >= 4 is 17.5 Å². The minimum absolute atomic E-state index is 0.140. The zero-order valence-corrected chi connectivity index (χ0v) is 13.5. The van der Waals surface area contributed by atoms with Crippen molar-refractivity contribution in [1.29, 1.82) is 0 Å². The van der Waals surface area contributed by atoms with Gasteiger partial charge in [-0.05, 0) is 39.1 Å². The molecule has 0 aromatic carbocycles. The Kier molecular flexibility index (Phi) is 6.00. The van der Waals surface area contributed by atoms with E-state index in [1.807, 2.05) is 26.4 Å². The van der Waals surface area contributed by atoms with E-state index in [9.17, 15) is 4.79 Å². The van der Waals surface area contributed by atoms with Gasteiger partial charge in [-0.3, -0.25) is 4.79 Å². The van der Waals surface area contributed by atoms with Crippen LogP contribution in [0.3, 0.4) is 0 Å². The summed E-state index contributed by atoms with van der Waals surface area (Å²) in [6.45, 7) is 4.35. The molecule has 1 N–H and O–H groups in total. The lowest BCUT2D eigenvalue weighted by atomic mass is 10.3. The van der Waals surface area contributed by atoms with E-state index in [0.717, 1.165) is 37.7 Å². The highest BCUT2D eigenvalue weighted by molar-refractivity contribution is 5.67. The molecule has 1 fully saturated rings. The molecule has 2 rings (SSSR count). The van der Waals surface area contributed by atoms with Gasteiger partial charge in [-0.2, -0.15) is 0 Å². The number of hydrogen-bond donors (Lipinski definition) is 1. The van der Waals surface area contributed by atoms with Gasteiger partial charge < -0.3 is 19.8 Å². The third-order valence-electron chi connectivity index (χ3n) is 3.94. The molecular weight excluding hydrogens is 280 g/mol. The lowest BCUT2D eigenvalue weighted by Crippen LogP contribution is -2.33. The number of rotatable bonds is 8. The van der Waals surface area contributed by atoms with E-state index in [0.29, 0.717) is 6.54 Å². The molecule has 0 unspecified atom stereocenters. The molecule has 1 saturated heterocycles. The number of hydrogen-bond acceptors (Lipinski definition) is 5. The standard InChI is InChI=1S/C16H26N4O2/c1-18(2)11-12-19(10-7-16(21)22)14-5-6-15(17-13-14)20-8-3-4-9-20/h5-6,13H,3-4,7-12H2,1-2H3,(H,21,22). The molecule has 0 radical (unpaired) electrons. The summed E-state index contributed by atoms with van der Waals surface area (Å²) in [7, 11) is 4.04. The summed E-state index contributed by atoms with van der Waals surface area (Å²) in [5, 5.41) is 8.91. The van der Waals surface area contributed by atoms with E-state index in [4.69, 9.17) is 5.11 Å². The average molecular weight is 306 g/mol. The van der Waals surface area contributed by atoms with Crippen LogP contribution >= 0.6 is 0 Å². The molecule has 0 amide bonds. The van der Waals surface area contributed by atoms with E-state index < -0.39 is 5.97 Å². The van der Waals surface area contributed by atoms with Crippen LogP contribution in [0.5, 0.6) is 0 Å². The molecular formula is C16H26N4O2. The molecule has 22 heavy (non-hydrogen) atoms. The van der Waals surface area contributed by atoms with Crippen molar-refractivity contribution in [3.63, 3.8) is 0 Å². The Labute approximate surface area is 132 Å². The maximum absolute atomic E-state index is 10.8. The Morgan fingerprint density at radius 2 is 1.95 bits per heavy atom. The number of carboxylic acid groups (broad SMARTS) is 1. The molecule has 0 atom stereocenters. The first-order valence-electron chi connectivity index (χ1n) is 7.89. The number of aromatic nitrogens is 1. The van der Waals surface area contributed by atoms with Crippen LogP contribution in [0, 0.1) is 0 Å². The summed E-state index contributed by atoms with van der Waals surface area (Å²) in [6, 6.07) is 4.10. The summed E-state index contributed by atoms with van der Waals surface area (Å²) >= 11 is 0. The van der Waals surface area contributed by atoms with Crippen LogP contribution in [0.4, 0.5) is 11.5 Å². The molecule has 6 heteroatoms. The lowest BCUT2D eigenvalue weighted by Gasteiger charge is -2.26. The van der Waals surface area contributed by atoms with E-state index >= 15 is 0 Å². The molecule has 0 saturated carbocycles. The quantitative estimate of drug-likeness (QED) is 0.786. The van der Waals surface area contributed by atoms with Crippen LogP contribution in [0.15, 0.2) is 18.3 Å². The summed E-state index contributed by atoms with van der Waals surface area (Å²) in [5.74, 6) is 0.253. The molecule has 6 nitrogen and oxygen atoms in total. The molecule has 0 aliphatic carbocycles. The maximum Gasteiger partial charge on any atom is 0.305 e. The SMILES string of the molecule is CN(C)CCN(CCC(=O)O)c1ccc(N2CCCC2)nc1. The molecule has 1 aromatic rings. The minimum atomic E-state index is -0.767. The summed E-state index contributed by atoms with van der Waals surface area (Å²) in [4.78, 5) is 21.9. The number of likely N-dealkylation sites (N-methyl/N-ethyl adjacent to an activating group) is 1. The van der Waals surface area contributed by atoms with Gasteiger partial charge in [0.2, 0.25) is 0 Å². The van der Waals surface area contributed by atoms with Crippen LogP contribution < -0.4 is 9.80 Å². The normalized spacial score (nSPS) is 14.6. The minimum Gasteiger partial charge on any atom is -0.481 e. The molecule has 0 bridgehead atoms. The van der Waals surface area contributed by atoms with Gasteiger partial charge in [0.15, 0.2) is 0 Å². The highest BCUT2D eigenvalue weighted by atomic mass is 16.4. The topological polar surface area (TPSA) is 59.9 Å². The number of carbonyl (C=O) groups is 1. The van der Waals surface area contributed by atoms with E-state index in [1.54, 1.807) is 0 Å². The fourth-order valence-corrected chi connectivity index (χ4v) is 2.62. The first-order valence-corrected chi connectivity index (χ1v) is 7.89. The fourth-order valence-electron chi connectivity index (χ4n) is 2.62. The molecule has 0 spiro atoms. The maximum atomic E-state index is 10.8. The Balaban J connectivity index is 2.02. The van der Waals surface area contributed by atoms with E-state index in [-0.39, 0.29) is 6.42 Å². The molecule has 1 aliphatic rings. The summed E-state index contributed by atoms with van der Waals surface area (Å²) in [5.41, 5.74) is 0.992. The number of carboxylic acids is 1. The first-order chi connectivity index (χ1) is 10.6. The number of pyridine rings is 1. The summed E-state index contributed by atoms with van der Waals surface area (Å²) < 4.78 is 0. The highest BCUT2D eigenvalue weighted by Gasteiger charge is 2.14. The molecule has 122 valence electrons. The summed E-state index contributed by atoms with van der Waals surface area (Å²) in [6.07, 6.45) is 4.47. The van der Waals surface area contributed by atoms with Crippen molar-refractivity contribution in [2.45, 2.75) is 19.3 Å². The van der Waals surface area contributed by atoms with Crippen molar-refractivity contribution in [1.82, 2.24) is 9.88 Å². The number of aliphatic carboxylic acids is 1. The molecule has 1 aromatic heterocycles. The van der Waals surface area contributed by atoms with Crippen LogP contribution in [0.2, 0.25) is 0 Å². The van der Waals surface area contributed by atoms with Crippen LogP contribution in [0.25, 0.3) is 0 Å². The van der Waals surface area contributed by atoms with Crippen molar-refractivity contribution in [2.24, 2.45) is 0 Å². The number of anilines is 2. The van der Waals surface area contributed by atoms with Gasteiger partial charge in [0.05, 0.1) is 18.3 Å². The van der Waals surface area contributed by atoms with Gasteiger partial charge in [-0.25, -0.2) is 4.98 Å². The van der Waals surface area contributed by atoms with Gasteiger partial charge in [0.1, 0.15) is 5.82 Å². The van der Waals surface area contributed by atoms with Crippen LogP contribution in [-0.2, 0) is 4.79 Å². The largest absolute Gasteiger partial charge is 0.481 e. The van der Waals surface area contributed by atoms with Gasteiger partial charge in [0, 0.05) is 32.7 Å². The van der Waals surface area contributed by atoms with Crippen LogP contribution in [-0.4, -0.2) is 67.8 Å². The van der Waals surface area contributed by atoms with Crippen molar-refractivity contribution in [2.75, 3.05) is 56.6 Å². The zero-order chi connectivity index (χ0) is 15.9. The van der Waals surface area contributed by atoms with Crippen molar-refractivity contribution in [3.8, 4) is 0 Å². The third kappa shape index (κ3) is 4.87. The zero-order valence-electron chi connectivity index (χ0n) is 13.5. The third-order valence-corrected chi connectivity index (χ3v) is 3.94. The molecule has 1 aliphatic heterocycles. The predicted octanol–water partition coefficient (Wildman–Crippen LogP) is 1.52. The second-order valence-electron chi connectivity index (χ2n) is 6.00. The Bertz CT molecular complexity index is 470. The van der Waals surface area contributed by atoms with E-state index in [2.05, 4.69) is 25.8 Å². The van der Waals surface area contributed by atoms with Gasteiger partial charge in [-0.15, -0.1) is 0 Å². The fraction of sp³-hybridized carbons (Fsp3) is 0.625. The van der Waals surface area contributed by atoms with Crippen LogP contribution in [0.1, 0.15) is 19.3 Å². The van der Waals surface area contributed by atoms with Gasteiger partial charge >= 0.3 is 5.97 Å². The average Bonchev–Trinajstić information content (AvgIpc) is 3.01. The lowest BCUT2D eigenvalue weighted by molar-refractivity contribution is -0.136. The van der Waals surface area contributed by atoms with E-state index in [1.165, 1.54) is 12.8 Å². The monoisotopic (exact) mass is 306 g/mol.